The number of likely N-dealkylation sites (tertiary alicyclic amines) is 1. The molecule has 1 aliphatic heterocycles. The van der Waals surface area contributed by atoms with Gasteiger partial charge in [0.05, 0.1) is 12.1 Å². The second kappa shape index (κ2) is 5.72. The SMILES string of the molecule is Cn1cnnc1CN1CC[C@@H](c2cccc(C(F)(F)F)c2)C1. The van der Waals surface area contributed by atoms with Crippen LogP contribution in [0.4, 0.5) is 13.2 Å². The third kappa shape index (κ3) is 3.14. The van der Waals surface area contributed by atoms with Gasteiger partial charge in [0.25, 0.3) is 0 Å². The molecule has 3 rings (SSSR count). The highest BCUT2D eigenvalue weighted by molar-refractivity contribution is 5.29. The molecule has 1 aromatic heterocycles. The van der Waals surface area contributed by atoms with E-state index < -0.39 is 11.7 Å². The van der Waals surface area contributed by atoms with Crippen molar-refractivity contribution in [3.8, 4) is 0 Å². The summed E-state index contributed by atoms with van der Waals surface area (Å²) in [6.45, 7) is 2.27. The largest absolute Gasteiger partial charge is 0.416 e. The first kappa shape index (κ1) is 15.0. The van der Waals surface area contributed by atoms with Crippen molar-refractivity contribution in [1.82, 2.24) is 19.7 Å². The highest BCUT2D eigenvalue weighted by Crippen LogP contribution is 2.33. The molecule has 22 heavy (non-hydrogen) atoms. The number of halogens is 3. The molecule has 0 saturated carbocycles. The summed E-state index contributed by atoms with van der Waals surface area (Å²) in [5.41, 5.74) is 0.187. The number of benzene rings is 1. The Morgan fingerprint density at radius 1 is 1.32 bits per heavy atom. The van der Waals surface area contributed by atoms with E-state index in [4.69, 9.17) is 0 Å². The summed E-state index contributed by atoms with van der Waals surface area (Å²) in [5.74, 6) is 1.00. The molecule has 0 unspecified atom stereocenters. The van der Waals surface area contributed by atoms with Crippen LogP contribution in [0.1, 0.15) is 29.3 Å². The van der Waals surface area contributed by atoms with Gasteiger partial charge in [-0.25, -0.2) is 0 Å². The van der Waals surface area contributed by atoms with Crippen molar-refractivity contribution >= 4 is 0 Å². The smallest absolute Gasteiger partial charge is 0.320 e. The molecule has 1 fully saturated rings. The van der Waals surface area contributed by atoms with Crippen molar-refractivity contribution in [2.75, 3.05) is 13.1 Å². The topological polar surface area (TPSA) is 34.0 Å². The second-order valence-electron chi connectivity index (χ2n) is 5.70. The first-order chi connectivity index (χ1) is 10.4. The Hall–Kier alpha value is -1.89. The molecule has 2 aromatic rings. The Bertz CT molecular complexity index is 650. The molecule has 1 atom stereocenters. The van der Waals surface area contributed by atoms with Crippen LogP contribution in [0.25, 0.3) is 0 Å². The first-order valence-corrected chi connectivity index (χ1v) is 7.16. The quantitative estimate of drug-likeness (QED) is 0.874. The summed E-state index contributed by atoms with van der Waals surface area (Å²) in [5, 5.41) is 7.89. The molecular formula is C15H17F3N4. The number of aryl methyl sites for hydroxylation is 1. The molecule has 1 aliphatic rings. The van der Waals surface area contributed by atoms with Crippen LogP contribution >= 0.6 is 0 Å². The molecule has 1 saturated heterocycles. The number of alkyl halides is 3. The Kier molecular flexibility index (Phi) is 3.90. The van der Waals surface area contributed by atoms with Crippen molar-refractivity contribution in [1.29, 1.82) is 0 Å². The zero-order chi connectivity index (χ0) is 15.7. The zero-order valence-corrected chi connectivity index (χ0v) is 12.2. The predicted octanol–water partition coefficient (Wildman–Crippen LogP) is 2.82. The zero-order valence-electron chi connectivity index (χ0n) is 12.2. The molecule has 0 radical (unpaired) electrons. The predicted molar refractivity (Wildman–Crippen MR) is 75.1 cm³/mol. The van der Waals surface area contributed by atoms with E-state index >= 15 is 0 Å². The van der Waals surface area contributed by atoms with E-state index in [2.05, 4.69) is 15.1 Å². The minimum atomic E-state index is -4.28. The fraction of sp³-hybridized carbons (Fsp3) is 0.467. The van der Waals surface area contributed by atoms with Crippen LogP contribution in [0.5, 0.6) is 0 Å². The van der Waals surface area contributed by atoms with E-state index in [9.17, 15) is 13.2 Å². The third-order valence-electron chi connectivity index (χ3n) is 4.13. The van der Waals surface area contributed by atoms with Gasteiger partial charge in [0, 0.05) is 13.6 Å². The monoisotopic (exact) mass is 310 g/mol. The number of hydrogen-bond acceptors (Lipinski definition) is 3. The summed E-state index contributed by atoms with van der Waals surface area (Å²) in [6.07, 6.45) is -1.78. The average molecular weight is 310 g/mol. The van der Waals surface area contributed by atoms with Crippen LogP contribution in [-0.2, 0) is 19.8 Å². The van der Waals surface area contributed by atoms with Crippen LogP contribution in [0.2, 0.25) is 0 Å². The van der Waals surface area contributed by atoms with E-state index in [0.717, 1.165) is 37.0 Å². The Morgan fingerprint density at radius 2 is 2.14 bits per heavy atom. The fourth-order valence-electron chi connectivity index (χ4n) is 2.87. The number of aromatic nitrogens is 3. The lowest BCUT2D eigenvalue weighted by Crippen LogP contribution is -2.21. The van der Waals surface area contributed by atoms with Gasteiger partial charge in [0.15, 0.2) is 0 Å². The van der Waals surface area contributed by atoms with Crippen molar-refractivity contribution in [2.45, 2.75) is 25.1 Å². The maximum Gasteiger partial charge on any atom is 0.416 e. The number of nitrogens with zero attached hydrogens (tertiary/aromatic N) is 4. The van der Waals surface area contributed by atoms with Crippen molar-refractivity contribution < 1.29 is 13.2 Å². The van der Waals surface area contributed by atoms with Gasteiger partial charge in [-0.3, -0.25) is 4.90 Å². The van der Waals surface area contributed by atoms with Gasteiger partial charge in [-0.05, 0) is 30.5 Å². The van der Waals surface area contributed by atoms with E-state index in [-0.39, 0.29) is 5.92 Å². The minimum absolute atomic E-state index is 0.135. The summed E-state index contributed by atoms with van der Waals surface area (Å²) in [4.78, 5) is 2.20. The Morgan fingerprint density at radius 3 is 2.82 bits per heavy atom. The van der Waals surface area contributed by atoms with Gasteiger partial charge in [0.1, 0.15) is 12.2 Å². The Labute approximate surface area is 126 Å². The summed E-state index contributed by atoms with van der Waals surface area (Å²) in [7, 11) is 1.88. The molecule has 118 valence electrons. The molecular weight excluding hydrogens is 293 g/mol. The van der Waals surface area contributed by atoms with E-state index in [1.165, 1.54) is 12.1 Å². The van der Waals surface area contributed by atoms with Crippen LogP contribution in [0.3, 0.4) is 0 Å². The van der Waals surface area contributed by atoms with Crippen LogP contribution in [0.15, 0.2) is 30.6 Å². The standard InChI is InChI=1S/C15H17F3N4/c1-21-10-19-20-14(21)9-22-6-5-12(8-22)11-3-2-4-13(7-11)15(16,17)18/h2-4,7,10,12H,5-6,8-9H2,1H3/t12-/m1/s1. The maximum atomic E-state index is 12.8. The summed E-state index contributed by atoms with van der Waals surface area (Å²) in [6, 6.07) is 5.67. The summed E-state index contributed by atoms with van der Waals surface area (Å²) < 4.78 is 40.3. The van der Waals surface area contributed by atoms with Crippen LogP contribution in [-0.4, -0.2) is 32.8 Å². The van der Waals surface area contributed by atoms with Crippen molar-refractivity contribution in [3.05, 3.63) is 47.5 Å². The van der Waals surface area contributed by atoms with Crippen LogP contribution < -0.4 is 0 Å². The van der Waals surface area contributed by atoms with E-state index in [0.29, 0.717) is 6.54 Å². The normalized spacial score (nSPS) is 19.7. The van der Waals surface area contributed by atoms with Gasteiger partial charge in [0.2, 0.25) is 0 Å². The van der Waals surface area contributed by atoms with Crippen molar-refractivity contribution in [2.24, 2.45) is 7.05 Å². The molecule has 2 heterocycles. The first-order valence-electron chi connectivity index (χ1n) is 7.16. The highest BCUT2D eigenvalue weighted by Gasteiger charge is 2.32. The summed E-state index contributed by atoms with van der Waals surface area (Å²) >= 11 is 0. The highest BCUT2D eigenvalue weighted by atomic mass is 19.4. The molecule has 4 nitrogen and oxygen atoms in total. The molecule has 0 spiro atoms. The lowest BCUT2D eigenvalue weighted by molar-refractivity contribution is -0.137. The molecule has 1 aromatic carbocycles. The molecule has 0 amide bonds. The molecule has 0 aliphatic carbocycles. The van der Waals surface area contributed by atoms with Gasteiger partial charge in [-0.15, -0.1) is 10.2 Å². The van der Waals surface area contributed by atoms with Gasteiger partial charge in [-0.2, -0.15) is 13.2 Å². The lowest BCUT2D eigenvalue weighted by Gasteiger charge is -2.16. The van der Waals surface area contributed by atoms with Crippen LogP contribution in [0, 0.1) is 0 Å². The van der Waals surface area contributed by atoms with Crippen molar-refractivity contribution in [3.63, 3.8) is 0 Å². The molecule has 0 N–H and O–H groups in total. The Balaban J connectivity index is 1.69. The fourth-order valence-corrected chi connectivity index (χ4v) is 2.87. The van der Waals surface area contributed by atoms with E-state index in [1.54, 1.807) is 12.4 Å². The number of rotatable bonds is 3. The van der Waals surface area contributed by atoms with Gasteiger partial charge >= 0.3 is 6.18 Å². The third-order valence-corrected chi connectivity index (χ3v) is 4.13. The van der Waals surface area contributed by atoms with Gasteiger partial charge in [-0.1, -0.05) is 18.2 Å². The maximum absolute atomic E-state index is 12.8. The van der Waals surface area contributed by atoms with E-state index in [1.807, 2.05) is 11.6 Å². The minimum Gasteiger partial charge on any atom is -0.320 e. The molecule has 7 heteroatoms. The second-order valence-corrected chi connectivity index (χ2v) is 5.70. The molecule has 0 bridgehead atoms. The number of hydrogen-bond donors (Lipinski definition) is 0. The van der Waals surface area contributed by atoms with Gasteiger partial charge < -0.3 is 4.57 Å². The lowest BCUT2D eigenvalue weighted by atomic mass is 9.96. The average Bonchev–Trinajstić information content (AvgIpc) is 3.09.